The first kappa shape index (κ1) is 20.9. The van der Waals surface area contributed by atoms with Crippen LogP contribution < -0.4 is 29.0 Å². The minimum atomic E-state index is -0.366. The third-order valence-electron chi connectivity index (χ3n) is 6.65. The Morgan fingerprint density at radius 2 is 1.62 bits per heavy atom. The van der Waals surface area contributed by atoms with Crippen molar-refractivity contribution in [1.82, 2.24) is 5.32 Å². The number of rotatable bonds is 5. The fraction of sp³-hybridized carbons (Fsp3) is 0.346. The molecule has 1 fully saturated rings. The number of carbonyl (C=O) groups excluding carboxylic acids is 1. The van der Waals surface area contributed by atoms with E-state index in [-0.39, 0.29) is 25.5 Å². The molecule has 3 aliphatic rings. The first-order valence-electron chi connectivity index (χ1n) is 11.4. The molecule has 0 aromatic heterocycles. The second-order valence-electron chi connectivity index (χ2n) is 8.52. The molecule has 0 saturated carbocycles. The summed E-state index contributed by atoms with van der Waals surface area (Å²) in [6.07, 6.45) is 1.83. The molecule has 6 rings (SSSR count). The Labute approximate surface area is 196 Å². The summed E-state index contributed by atoms with van der Waals surface area (Å²) in [5.41, 5.74) is 2.85. The first-order chi connectivity index (χ1) is 16.7. The topological polar surface area (TPSA) is 84.5 Å². The Balaban J connectivity index is 1.64. The summed E-state index contributed by atoms with van der Waals surface area (Å²) >= 11 is 0. The number of ether oxygens (including phenoxy) is 6. The second kappa shape index (κ2) is 8.29. The Morgan fingerprint density at radius 3 is 2.38 bits per heavy atom. The predicted molar refractivity (Wildman–Crippen MR) is 124 cm³/mol. The molecule has 0 unspecified atom stereocenters. The van der Waals surface area contributed by atoms with Crippen molar-refractivity contribution in [3.63, 3.8) is 0 Å². The summed E-state index contributed by atoms with van der Waals surface area (Å²) in [5.74, 6) is 2.78. The number of hydrogen-bond acceptors (Lipinski definition) is 8. The number of cyclic esters (lactones) is 1. The standard InChI is InChI=1S/C26H25NO7/c1-29-20-10-16-17(11-21(20)30-2)25(34-15-5-7-27-8-6-15)18-12-31-26(28)24(18)23(16)14-3-4-19-22(9-14)33-13-32-19/h3-4,9-11,15,27H,5-8,12-13H2,1-2H3. The zero-order chi connectivity index (χ0) is 23.2. The summed E-state index contributed by atoms with van der Waals surface area (Å²) in [6, 6.07) is 9.50. The van der Waals surface area contributed by atoms with E-state index in [1.54, 1.807) is 14.2 Å². The van der Waals surface area contributed by atoms with Gasteiger partial charge in [-0.05, 0) is 61.1 Å². The molecule has 3 aromatic carbocycles. The molecule has 0 amide bonds. The van der Waals surface area contributed by atoms with Crippen LogP contribution in [-0.2, 0) is 11.3 Å². The van der Waals surface area contributed by atoms with E-state index in [1.807, 2.05) is 30.3 Å². The lowest BCUT2D eigenvalue weighted by molar-refractivity contribution is 0.0533. The number of benzene rings is 3. The molecule has 3 aromatic rings. The smallest absolute Gasteiger partial charge is 0.339 e. The van der Waals surface area contributed by atoms with Crippen LogP contribution in [0.5, 0.6) is 28.7 Å². The van der Waals surface area contributed by atoms with Gasteiger partial charge in [0.25, 0.3) is 0 Å². The molecule has 1 N–H and O–H groups in total. The van der Waals surface area contributed by atoms with E-state index in [9.17, 15) is 4.79 Å². The fourth-order valence-corrected chi connectivity index (χ4v) is 4.97. The maximum absolute atomic E-state index is 13.1. The minimum absolute atomic E-state index is 0.0498. The number of nitrogens with one attached hydrogen (secondary N) is 1. The summed E-state index contributed by atoms with van der Waals surface area (Å²) in [5, 5.41) is 5.03. The SMILES string of the molecule is COc1cc2c(OC3CCNCC3)c3c(c(-c4ccc5c(c4)OCO5)c2cc1OC)C(=O)OC3. The molecule has 3 heterocycles. The Hall–Kier alpha value is -3.65. The van der Waals surface area contributed by atoms with Crippen LogP contribution in [-0.4, -0.2) is 46.2 Å². The van der Waals surface area contributed by atoms with Gasteiger partial charge >= 0.3 is 5.97 Å². The van der Waals surface area contributed by atoms with Crippen molar-refractivity contribution in [1.29, 1.82) is 0 Å². The van der Waals surface area contributed by atoms with E-state index in [0.717, 1.165) is 53.4 Å². The van der Waals surface area contributed by atoms with Crippen LogP contribution in [0.25, 0.3) is 21.9 Å². The van der Waals surface area contributed by atoms with Crippen LogP contribution in [0.2, 0.25) is 0 Å². The normalized spacial score (nSPS) is 16.9. The van der Waals surface area contributed by atoms with Crippen LogP contribution >= 0.6 is 0 Å². The third kappa shape index (κ3) is 3.28. The summed E-state index contributed by atoms with van der Waals surface area (Å²) in [7, 11) is 3.20. The quantitative estimate of drug-likeness (QED) is 0.568. The average molecular weight is 463 g/mol. The number of hydrogen-bond donors (Lipinski definition) is 1. The van der Waals surface area contributed by atoms with Gasteiger partial charge < -0.3 is 33.7 Å². The number of carbonyl (C=O) groups is 1. The number of piperidine rings is 1. The Morgan fingerprint density at radius 1 is 0.882 bits per heavy atom. The van der Waals surface area contributed by atoms with Gasteiger partial charge in [-0.1, -0.05) is 6.07 Å². The molecule has 176 valence electrons. The monoisotopic (exact) mass is 463 g/mol. The highest BCUT2D eigenvalue weighted by atomic mass is 16.7. The molecule has 34 heavy (non-hydrogen) atoms. The van der Waals surface area contributed by atoms with E-state index in [1.165, 1.54) is 0 Å². The molecule has 3 aliphatic heterocycles. The van der Waals surface area contributed by atoms with Crippen molar-refractivity contribution in [2.45, 2.75) is 25.6 Å². The molecular weight excluding hydrogens is 438 g/mol. The first-order valence-corrected chi connectivity index (χ1v) is 11.4. The Kier molecular flexibility index (Phi) is 5.10. The lowest BCUT2D eigenvalue weighted by Gasteiger charge is -2.26. The molecule has 0 aliphatic carbocycles. The van der Waals surface area contributed by atoms with Crippen molar-refractivity contribution in [2.24, 2.45) is 0 Å². The lowest BCUT2D eigenvalue weighted by atomic mass is 9.89. The van der Waals surface area contributed by atoms with Crippen molar-refractivity contribution in [2.75, 3.05) is 34.1 Å². The number of fused-ring (bicyclic) bond motifs is 3. The highest BCUT2D eigenvalue weighted by Crippen LogP contribution is 2.49. The Bertz CT molecular complexity index is 1300. The summed E-state index contributed by atoms with van der Waals surface area (Å²) in [6.45, 7) is 2.13. The minimum Gasteiger partial charge on any atom is -0.493 e. The highest BCUT2D eigenvalue weighted by Gasteiger charge is 2.34. The zero-order valence-electron chi connectivity index (χ0n) is 19.1. The molecule has 0 radical (unpaired) electrons. The molecule has 1 saturated heterocycles. The maximum atomic E-state index is 13.1. The van der Waals surface area contributed by atoms with Crippen molar-refractivity contribution in [3.05, 3.63) is 41.5 Å². The van der Waals surface area contributed by atoms with Crippen LogP contribution in [0.1, 0.15) is 28.8 Å². The van der Waals surface area contributed by atoms with Gasteiger partial charge in [-0.25, -0.2) is 4.79 Å². The highest BCUT2D eigenvalue weighted by molar-refractivity contribution is 6.14. The van der Waals surface area contributed by atoms with E-state index in [4.69, 9.17) is 28.4 Å². The van der Waals surface area contributed by atoms with Crippen molar-refractivity contribution in [3.8, 4) is 39.9 Å². The molecular formula is C26H25NO7. The second-order valence-corrected chi connectivity index (χ2v) is 8.52. The lowest BCUT2D eigenvalue weighted by Crippen LogP contribution is -2.34. The summed E-state index contributed by atoms with van der Waals surface area (Å²) < 4.78 is 34.4. The van der Waals surface area contributed by atoms with E-state index < -0.39 is 0 Å². The number of methoxy groups -OCH3 is 2. The molecule has 0 atom stereocenters. The van der Waals surface area contributed by atoms with Gasteiger partial charge in [-0.2, -0.15) is 0 Å². The molecule has 8 heteroatoms. The van der Waals surface area contributed by atoms with Crippen LogP contribution in [0, 0.1) is 0 Å². The molecule has 0 spiro atoms. The van der Waals surface area contributed by atoms with Crippen molar-refractivity contribution < 1.29 is 33.2 Å². The van der Waals surface area contributed by atoms with Gasteiger partial charge in [0.2, 0.25) is 6.79 Å². The van der Waals surface area contributed by atoms with Crippen molar-refractivity contribution >= 4 is 16.7 Å². The number of esters is 1. The predicted octanol–water partition coefficient (Wildman–Crippen LogP) is 4.05. The molecule has 0 bridgehead atoms. The largest absolute Gasteiger partial charge is 0.493 e. The maximum Gasteiger partial charge on any atom is 0.339 e. The zero-order valence-corrected chi connectivity index (χ0v) is 19.1. The van der Waals surface area contributed by atoms with Gasteiger partial charge in [0, 0.05) is 16.5 Å². The van der Waals surface area contributed by atoms with Gasteiger partial charge in [-0.3, -0.25) is 0 Å². The third-order valence-corrected chi connectivity index (χ3v) is 6.65. The van der Waals surface area contributed by atoms with Gasteiger partial charge in [-0.15, -0.1) is 0 Å². The van der Waals surface area contributed by atoms with E-state index >= 15 is 0 Å². The molecule has 8 nitrogen and oxygen atoms in total. The van der Waals surface area contributed by atoms with E-state index in [2.05, 4.69) is 5.32 Å². The van der Waals surface area contributed by atoms with Crippen LogP contribution in [0.4, 0.5) is 0 Å². The van der Waals surface area contributed by atoms with Crippen LogP contribution in [0.3, 0.4) is 0 Å². The fourth-order valence-electron chi connectivity index (χ4n) is 4.97. The van der Waals surface area contributed by atoms with Gasteiger partial charge in [0.1, 0.15) is 18.5 Å². The summed E-state index contributed by atoms with van der Waals surface area (Å²) in [4.78, 5) is 13.1. The van der Waals surface area contributed by atoms with Gasteiger partial charge in [0.05, 0.1) is 19.8 Å². The van der Waals surface area contributed by atoms with Gasteiger partial charge in [0.15, 0.2) is 23.0 Å². The average Bonchev–Trinajstić information content (AvgIpc) is 3.50. The van der Waals surface area contributed by atoms with E-state index in [0.29, 0.717) is 34.3 Å². The van der Waals surface area contributed by atoms with Crippen LogP contribution in [0.15, 0.2) is 30.3 Å².